The van der Waals surface area contributed by atoms with Crippen molar-refractivity contribution in [2.75, 3.05) is 9.80 Å². The minimum Gasteiger partial charge on any atom is -0.310 e. The summed E-state index contributed by atoms with van der Waals surface area (Å²) >= 11 is 0. The van der Waals surface area contributed by atoms with E-state index >= 15 is 0 Å². The number of hydrogen-bond donors (Lipinski definition) is 0. The van der Waals surface area contributed by atoms with Crippen molar-refractivity contribution in [2.45, 2.75) is 23.7 Å². The van der Waals surface area contributed by atoms with Crippen LogP contribution < -0.4 is 9.80 Å². The Morgan fingerprint density at radius 1 is 0.181 bits per heavy atom. The first kappa shape index (κ1) is 59.6. The van der Waals surface area contributed by atoms with Crippen LogP contribution in [0.3, 0.4) is 0 Å². The van der Waals surface area contributed by atoms with Gasteiger partial charge in [-0.25, -0.2) is 0 Å². The van der Waals surface area contributed by atoms with E-state index in [1.54, 1.807) is 0 Å². The molecule has 0 radical (unpaired) electrons. The van der Waals surface area contributed by atoms with Crippen LogP contribution >= 0.6 is 0 Å². The van der Waals surface area contributed by atoms with Crippen LogP contribution in [-0.2, 0) is 0 Å². The number of hydrogen-bond acceptors (Lipinski definition) is 4. The molecule has 14 aromatic carbocycles. The largest absolute Gasteiger partial charge is 0.310 e. The highest BCUT2D eigenvalue weighted by Crippen LogP contribution is 2.51. The van der Waals surface area contributed by atoms with Crippen molar-refractivity contribution in [1.82, 2.24) is 0 Å². The van der Waals surface area contributed by atoms with E-state index in [2.05, 4.69) is 398 Å². The van der Waals surface area contributed by atoms with Gasteiger partial charge in [-0.05, 0) is 140 Å². The minimum atomic E-state index is -0.247. The van der Waals surface area contributed by atoms with E-state index in [9.17, 15) is 0 Å². The fraction of sp³-hybridized carbons (Fsp3) is 0.0444. The molecule has 450 valence electrons. The SMILES string of the molecule is C(/C=N/c1c(C(c2ccccc2)c2ccccc2)cc(N(c2ccccc2)c2ccccc2)cc1C(c1ccccc1)c1ccccc1)=N\c1c(C(c2ccccc2)c2ccccc2)cc(N(c2ccccc2)c2ccccc2)cc1C(c1ccccc1)c1ccccc1. The summed E-state index contributed by atoms with van der Waals surface area (Å²) in [6.07, 6.45) is 3.91. The van der Waals surface area contributed by atoms with Crippen LogP contribution in [0.2, 0.25) is 0 Å². The summed E-state index contributed by atoms with van der Waals surface area (Å²) < 4.78 is 0. The second-order valence-electron chi connectivity index (χ2n) is 23.5. The molecule has 0 saturated heterocycles. The summed E-state index contributed by atoms with van der Waals surface area (Å²) in [6, 6.07) is 140. The zero-order valence-corrected chi connectivity index (χ0v) is 52.2. The van der Waals surface area contributed by atoms with E-state index < -0.39 is 0 Å². The first-order chi connectivity index (χ1) is 46.7. The summed E-state index contributed by atoms with van der Waals surface area (Å²) in [5.74, 6) is -0.986. The van der Waals surface area contributed by atoms with Crippen LogP contribution in [0.15, 0.2) is 398 Å². The molecular weight excluding hydrogens is 1140 g/mol. The average Bonchev–Trinajstić information content (AvgIpc) is 0.769. The van der Waals surface area contributed by atoms with E-state index in [1.807, 2.05) is 12.4 Å². The van der Waals surface area contributed by atoms with Crippen molar-refractivity contribution in [1.29, 1.82) is 0 Å². The Balaban J connectivity index is 1.08. The smallest absolute Gasteiger partial charge is 0.0715 e. The Labute approximate surface area is 553 Å². The van der Waals surface area contributed by atoms with Crippen LogP contribution in [-0.4, -0.2) is 12.4 Å². The third kappa shape index (κ3) is 13.1. The number of anilines is 6. The second-order valence-corrected chi connectivity index (χ2v) is 23.5. The maximum absolute atomic E-state index is 5.92. The zero-order valence-electron chi connectivity index (χ0n) is 52.2. The molecule has 0 aromatic heterocycles. The van der Waals surface area contributed by atoms with Crippen LogP contribution in [0.25, 0.3) is 0 Å². The lowest BCUT2D eigenvalue weighted by molar-refractivity contribution is 0.937. The fourth-order valence-corrected chi connectivity index (χ4v) is 13.6. The first-order valence-corrected chi connectivity index (χ1v) is 32.3. The number of para-hydroxylation sites is 4. The summed E-state index contributed by atoms with van der Waals surface area (Å²) in [5.41, 5.74) is 21.4. The van der Waals surface area contributed by atoms with Gasteiger partial charge in [0.05, 0.1) is 11.4 Å². The zero-order chi connectivity index (χ0) is 63.1. The molecular formula is C90H70N4. The van der Waals surface area contributed by atoms with Gasteiger partial charge in [0.25, 0.3) is 0 Å². The normalized spacial score (nSPS) is 11.5. The Hall–Kier alpha value is -12.0. The predicted molar refractivity (Wildman–Crippen MR) is 394 cm³/mol. The maximum atomic E-state index is 5.92. The first-order valence-electron chi connectivity index (χ1n) is 32.3. The summed E-state index contributed by atoms with van der Waals surface area (Å²) in [7, 11) is 0. The molecule has 0 heterocycles. The molecule has 0 amide bonds. The Bertz CT molecular complexity index is 3980. The Morgan fingerprint density at radius 2 is 0.330 bits per heavy atom. The number of benzene rings is 14. The third-order valence-electron chi connectivity index (χ3n) is 17.7. The van der Waals surface area contributed by atoms with E-state index in [0.29, 0.717) is 0 Å². The van der Waals surface area contributed by atoms with Gasteiger partial charge in [0.2, 0.25) is 0 Å². The van der Waals surface area contributed by atoms with Crippen LogP contribution in [0.1, 0.15) is 90.4 Å². The van der Waals surface area contributed by atoms with Crippen molar-refractivity contribution in [2.24, 2.45) is 9.98 Å². The summed E-state index contributed by atoms with van der Waals surface area (Å²) in [4.78, 5) is 16.6. The van der Waals surface area contributed by atoms with Gasteiger partial charge in [-0.1, -0.05) is 315 Å². The molecule has 94 heavy (non-hydrogen) atoms. The highest BCUT2D eigenvalue weighted by atomic mass is 15.1. The minimum absolute atomic E-state index is 0.247. The molecule has 14 rings (SSSR count). The van der Waals surface area contributed by atoms with Crippen molar-refractivity contribution in [3.8, 4) is 0 Å². The molecule has 0 aliphatic heterocycles. The summed E-state index contributed by atoms with van der Waals surface area (Å²) in [6.45, 7) is 0. The molecule has 4 heteroatoms. The highest BCUT2D eigenvalue weighted by molar-refractivity contribution is 6.18. The third-order valence-corrected chi connectivity index (χ3v) is 17.7. The fourth-order valence-electron chi connectivity index (χ4n) is 13.6. The van der Waals surface area contributed by atoms with Gasteiger partial charge < -0.3 is 9.80 Å². The topological polar surface area (TPSA) is 31.2 Å². The Morgan fingerprint density at radius 3 is 0.489 bits per heavy atom. The van der Waals surface area contributed by atoms with E-state index in [1.165, 1.54) is 0 Å². The van der Waals surface area contributed by atoms with Crippen LogP contribution in [0, 0.1) is 0 Å². The number of nitrogens with zero attached hydrogens (tertiary/aromatic N) is 4. The van der Waals surface area contributed by atoms with Gasteiger partial charge in [0, 0.05) is 70.2 Å². The number of rotatable bonds is 21. The van der Waals surface area contributed by atoms with Crippen molar-refractivity contribution >= 4 is 57.9 Å². The van der Waals surface area contributed by atoms with E-state index in [-0.39, 0.29) is 23.7 Å². The molecule has 0 bridgehead atoms. The molecule has 0 unspecified atom stereocenters. The van der Waals surface area contributed by atoms with Crippen molar-refractivity contribution < 1.29 is 0 Å². The summed E-state index contributed by atoms with van der Waals surface area (Å²) in [5, 5.41) is 0. The van der Waals surface area contributed by atoms with Crippen LogP contribution in [0.4, 0.5) is 45.5 Å². The lowest BCUT2D eigenvalue weighted by Gasteiger charge is -2.31. The molecule has 0 N–H and O–H groups in total. The van der Waals surface area contributed by atoms with Gasteiger partial charge in [-0.2, -0.15) is 0 Å². The Kier molecular flexibility index (Phi) is 18.3. The standard InChI is InChI=1S/C90H70N4/c1-13-37-67(38-14-1)85(68-39-15-2-16-40-68)81-63-79(93(75-53-29-9-30-54-75)76-55-31-10-32-56-76)64-82(86(69-41-17-3-18-42-69)70-43-19-4-20-44-70)89(81)91-61-62-92-90-83(87(71-45-21-5-22-46-71)72-47-23-6-24-48-72)65-80(94(77-57-33-11-34-58-77)78-59-35-12-36-60-78)66-84(90)88(73-49-25-7-26-50-73)74-51-27-8-28-52-74/h1-66,85-88H/b91-61+,92-62+. The monoisotopic (exact) mass is 1210 g/mol. The molecule has 0 atom stereocenters. The molecule has 14 aromatic rings. The molecule has 0 spiro atoms. The molecule has 0 aliphatic rings. The lowest BCUT2D eigenvalue weighted by Crippen LogP contribution is -2.14. The molecule has 0 aliphatic carbocycles. The van der Waals surface area contributed by atoms with Gasteiger partial charge in [-0.15, -0.1) is 0 Å². The maximum Gasteiger partial charge on any atom is 0.0715 e. The van der Waals surface area contributed by atoms with Crippen molar-refractivity contribution in [3.05, 3.63) is 455 Å². The second kappa shape index (κ2) is 28.9. The molecule has 4 nitrogen and oxygen atoms in total. The van der Waals surface area contributed by atoms with E-state index in [4.69, 9.17) is 9.98 Å². The van der Waals surface area contributed by atoms with E-state index in [0.717, 1.165) is 112 Å². The molecule has 0 saturated carbocycles. The lowest BCUT2D eigenvalue weighted by atomic mass is 9.78. The van der Waals surface area contributed by atoms with Crippen LogP contribution in [0.5, 0.6) is 0 Å². The van der Waals surface area contributed by atoms with Crippen molar-refractivity contribution in [3.63, 3.8) is 0 Å². The molecule has 0 fully saturated rings. The highest BCUT2D eigenvalue weighted by Gasteiger charge is 2.32. The average molecular weight is 1210 g/mol. The van der Waals surface area contributed by atoms with Gasteiger partial charge >= 0.3 is 0 Å². The van der Waals surface area contributed by atoms with Gasteiger partial charge in [-0.3, -0.25) is 9.98 Å². The predicted octanol–water partition coefficient (Wildman–Crippen LogP) is 23.5. The number of aliphatic imine (C=N–C) groups is 2. The van der Waals surface area contributed by atoms with Gasteiger partial charge in [0.15, 0.2) is 0 Å². The quantitative estimate of drug-likeness (QED) is 0.0530. The van der Waals surface area contributed by atoms with Gasteiger partial charge in [0.1, 0.15) is 0 Å².